The van der Waals surface area contributed by atoms with Gasteiger partial charge in [0.2, 0.25) is 0 Å². The maximum Gasteiger partial charge on any atom is 0.292 e. The van der Waals surface area contributed by atoms with Gasteiger partial charge in [-0.2, -0.15) is 0 Å². The molecule has 2 aromatic carbocycles. The summed E-state index contributed by atoms with van der Waals surface area (Å²) < 4.78 is 50.2. The van der Waals surface area contributed by atoms with E-state index in [9.17, 15) is 13.2 Å². The summed E-state index contributed by atoms with van der Waals surface area (Å²) in [6.45, 7) is 2.20. The summed E-state index contributed by atoms with van der Waals surface area (Å²) in [5, 5.41) is 0.456. The van der Waals surface area contributed by atoms with Crippen molar-refractivity contribution < 1.29 is 17.9 Å². The summed E-state index contributed by atoms with van der Waals surface area (Å²) in [5.41, 5.74) is 1.40. The Labute approximate surface area is 175 Å². The number of hydrogen-bond acceptors (Lipinski definition) is 1. The monoisotopic (exact) mass is 422 g/mol. The van der Waals surface area contributed by atoms with Crippen LogP contribution in [-0.4, -0.2) is 5.92 Å². The van der Waals surface area contributed by atoms with Crippen molar-refractivity contribution in [2.45, 2.75) is 69.8 Å². The van der Waals surface area contributed by atoms with Crippen LogP contribution in [-0.2, 0) is 6.42 Å². The summed E-state index contributed by atoms with van der Waals surface area (Å²) in [6.07, 6.45) is 4.62. The van der Waals surface area contributed by atoms with Gasteiger partial charge in [0.1, 0.15) is 0 Å². The van der Waals surface area contributed by atoms with Crippen LogP contribution in [0.3, 0.4) is 0 Å². The van der Waals surface area contributed by atoms with E-state index >= 15 is 0 Å². The molecule has 1 unspecified atom stereocenters. The van der Waals surface area contributed by atoms with Gasteiger partial charge >= 0.3 is 0 Å². The van der Waals surface area contributed by atoms with E-state index in [4.69, 9.17) is 16.3 Å². The minimum Gasteiger partial charge on any atom is -0.476 e. The highest BCUT2D eigenvalue weighted by molar-refractivity contribution is 6.30. The topological polar surface area (TPSA) is 9.23 Å². The molecule has 0 radical (unpaired) electrons. The lowest BCUT2D eigenvalue weighted by Gasteiger charge is -2.35. The second-order valence-electron chi connectivity index (χ2n) is 8.48. The molecule has 1 atom stereocenters. The molecule has 4 rings (SSSR count). The number of rotatable bonds is 4. The molecule has 1 aliphatic heterocycles. The Kier molecular flexibility index (Phi) is 5.83. The van der Waals surface area contributed by atoms with Gasteiger partial charge in [0, 0.05) is 17.0 Å². The van der Waals surface area contributed by atoms with Crippen LogP contribution in [0.25, 0.3) is 0 Å². The van der Waals surface area contributed by atoms with Gasteiger partial charge in [-0.1, -0.05) is 49.6 Å². The molecule has 0 N–H and O–H groups in total. The molecular formula is C24H26ClF3O. The minimum atomic E-state index is -3.12. The molecule has 29 heavy (non-hydrogen) atoms. The highest BCUT2D eigenvalue weighted by Crippen LogP contribution is 2.47. The van der Waals surface area contributed by atoms with E-state index in [0.29, 0.717) is 10.6 Å². The van der Waals surface area contributed by atoms with Crippen molar-refractivity contribution in [1.29, 1.82) is 0 Å². The third kappa shape index (κ3) is 4.28. The smallest absolute Gasteiger partial charge is 0.292 e. The maximum atomic E-state index is 14.9. The fourth-order valence-corrected chi connectivity index (χ4v) is 4.99. The Balaban J connectivity index is 1.58. The van der Waals surface area contributed by atoms with Crippen LogP contribution in [0.1, 0.15) is 74.2 Å². The Hall–Kier alpha value is -1.68. The number of halogens is 4. The Morgan fingerprint density at radius 3 is 2.38 bits per heavy atom. The van der Waals surface area contributed by atoms with Crippen molar-refractivity contribution in [3.8, 4) is 5.75 Å². The lowest BCUT2D eigenvalue weighted by Crippen LogP contribution is -2.37. The first kappa shape index (κ1) is 20.6. The average Bonchev–Trinajstić information content (AvgIpc) is 2.68. The van der Waals surface area contributed by atoms with Crippen LogP contribution >= 0.6 is 11.6 Å². The molecule has 1 fully saturated rings. The molecule has 1 aliphatic carbocycles. The van der Waals surface area contributed by atoms with Gasteiger partial charge in [-0.15, -0.1) is 0 Å². The molecule has 1 saturated carbocycles. The molecule has 0 aromatic heterocycles. The van der Waals surface area contributed by atoms with Gasteiger partial charge in [-0.3, -0.25) is 0 Å². The summed E-state index contributed by atoms with van der Waals surface area (Å²) >= 11 is 5.86. The second-order valence-corrected chi connectivity index (χ2v) is 8.92. The van der Waals surface area contributed by atoms with E-state index in [0.717, 1.165) is 37.2 Å². The van der Waals surface area contributed by atoms with Crippen LogP contribution in [0, 0.1) is 11.7 Å². The molecule has 0 spiro atoms. The van der Waals surface area contributed by atoms with Crippen molar-refractivity contribution >= 4 is 11.6 Å². The zero-order valence-corrected chi connectivity index (χ0v) is 17.3. The van der Waals surface area contributed by atoms with Crippen molar-refractivity contribution in [2.75, 3.05) is 0 Å². The Morgan fingerprint density at radius 2 is 1.72 bits per heavy atom. The quantitative estimate of drug-likeness (QED) is 0.487. The molecule has 0 amide bonds. The third-order valence-corrected chi connectivity index (χ3v) is 6.63. The van der Waals surface area contributed by atoms with Crippen LogP contribution in [0.5, 0.6) is 5.75 Å². The molecule has 2 aromatic rings. The van der Waals surface area contributed by atoms with Gasteiger partial charge in [-0.25, -0.2) is 13.2 Å². The SMILES string of the molecule is CCCC1CCC(c2cc(F)c3c(c2)CC(F)(F)C(c2ccc(Cl)cc2)O3)CC1. The predicted molar refractivity (Wildman–Crippen MR) is 109 cm³/mol. The first-order valence-electron chi connectivity index (χ1n) is 10.5. The number of hydrogen-bond donors (Lipinski definition) is 0. The Bertz CT molecular complexity index is 857. The summed E-state index contributed by atoms with van der Waals surface area (Å²) in [5.74, 6) is -2.72. The van der Waals surface area contributed by atoms with Crippen LogP contribution < -0.4 is 4.74 Å². The molecule has 1 heterocycles. The predicted octanol–water partition coefficient (Wildman–Crippen LogP) is 7.86. The highest BCUT2D eigenvalue weighted by Gasteiger charge is 2.47. The van der Waals surface area contributed by atoms with Gasteiger partial charge < -0.3 is 4.74 Å². The zero-order chi connectivity index (χ0) is 20.6. The van der Waals surface area contributed by atoms with Crippen LogP contribution in [0.4, 0.5) is 13.2 Å². The summed E-state index contributed by atoms with van der Waals surface area (Å²) in [7, 11) is 0. The van der Waals surface area contributed by atoms with E-state index < -0.39 is 24.3 Å². The molecule has 0 saturated heterocycles. The van der Waals surface area contributed by atoms with E-state index in [1.807, 2.05) is 0 Å². The largest absolute Gasteiger partial charge is 0.476 e. The van der Waals surface area contributed by atoms with Crippen LogP contribution in [0.15, 0.2) is 36.4 Å². The first-order valence-corrected chi connectivity index (χ1v) is 10.9. The summed E-state index contributed by atoms with van der Waals surface area (Å²) in [6, 6.07) is 9.33. The fraction of sp³-hybridized carbons (Fsp3) is 0.500. The molecular weight excluding hydrogens is 397 g/mol. The van der Waals surface area contributed by atoms with E-state index in [2.05, 4.69) is 6.92 Å². The lowest BCUT2D eigenvalue weighted by atomic mass is 9.76. The molecule has 5 heteroatoms. The summed E-state index contributed by atoms with van der Waals surface area (Å²) in [4.78, 5) is 0. The molecule has 156 valence electrons. The highest BCUT2D eigenvalue weighted by atomic mass is 35.5. The lowest BCUT2D eigenvalue weighted by molar-refractivity contribution is -0.110. The Morgan fingerprint density at radius 1 is 1.03 bits per heavy atom. The number of ether oxygens (including phenoxy) is 1. The minimum absolute atomic E-state index is 0.0423. The maximum absolute atomic E-state index is 14.9. The molecule has 1 nitrogen and oxygen atoms in total. The van der Waals surface area contributed by atoms with Gasteiger partial charge in [0.05, 0.1) is 0 Å². The fourth-order valence-electron chi connectivity index (χ4n) is 4.87. The van der Waals surface area contributed by atoms with Crippen molar-refractivity contribution in [1.82, 2.24) is 0 Å². The third-order valence-electron chi connectivity index (χ3n) is 6.38. The molecule has 2 aliphatic rings. The van der Waals surface area contributed by atoms with E-state index in [1.165, 1.54) is 31.0 Å². The van der Waals surface area contributed by atoms with Crippen molar-refractivity contribution in [2.24, 2.45) is 5.92 Å². The first-order chi connectivity index (χ1) is 13.9. The van der Waals surface area contributed by atoms with E-state index in [-0.39, 0.29) is 17.2 Å². The average molecular weight is 423 g/mol. The second kappa shape index (κ2) is 8.22. The van der Waals surface area contributed by atoms with Gasteiger partial charge in [0.25, 0.3) is 5.92 Å². The standard InChI is InChI=1S/C24H26ClF3O/c1-2-3-15-4-6-16(7-5-15)18-12-19-14-24(27,28)23(29-22(19)21(26)13-18)17-8-10-20(25)11-9-17/h8-13,15-16,23H,2-7,14H2,1H3. The van der Waals surface area contributed by atoms with Gasteiger partial charge in [0.15, 0.2) is 17.7 Å². The van der Waals surface area contributed by atoms with Crippen molar-refractivity contribution in [3.05, 3.63) is 63.9 Å². The molecule has 0 bridgehead atoms. The normalized spacial score (nSPS) is 25.9. The number of benzene rings is 2. The van der Waals surface area contributed by atoms with Gasteiger partial charge in [-0.05, 0) is 66.8 Å². The van der Waals surface area contributed by atoms with E-state index in [1.54, 1.807) is 18.2 Å². The van der Waals surface area contributed by atoms with Crippen molar-refractivity contribution in [3.63, 3.8) is 0 Å². The number of fused-ring (bicyclic) bond motifs is 1. The number of alkyl halides is 2. The zero-order valence-electron chi connectivity index (χ0n) is 16.6. The van der Waals surface area contributed by atoms with Crippen LogP contribution in [0.2, 0.25) is 5.02 Å².